The highest BCUT2D eigenvalue weighted by atomic mass is 35.5. The number of benzene rings is 1. The van der Waals surface area contributed by atoms with E-state index < -0.39 is 0 Å². The average Bonchev–Trinajstić information content (AvgIpc) is 2.39. The van der Waals surface area contributed by atoms with E-state index in [4.69, 9.17) is 23.2 Å². The molecule has 104 valence electrons. The van der Waals surface area contributed by atoms with Gasteiger partial charge in [0.2, 0.25) is 0 Å². The summed E-state index contributed by atoms with van der Waals surface area (Å²) in [5.41, 5.74) is 2.87. The van der Waals surface area contributed by atoms with Crippen LogP contribution in [0.4, 0.5) is 5.69 Å². The predicted molar refractivity (Wildman–Crippen MR) is 84.4 cm³/mol. The Labute approximate surface area is 125 Å². The zero-order valence-corrected chi connectivity index (χ0v) is 12.8. The van der Waals surface area contributed by atoms with Gasteiger partial charge in [-0.3, -0.25) is 4.79 Å². The van der Waals surface area contributed by atoms with E-state index in [1.165, 1.54) is 0 Å². The molecule has 19 heavy (non-hydrogen) atoms. The number of alkyl halides is 2. The van der Waals surface area contributed by atoms with Gasteiger partial charge in [-0.1, -0.05) is 12.1 Å². The molecule has 0 amide bonds. The summed E-state index contributed by atoms with van der Waals surface area (Å²) < 4.78 is 0. The lowest BCUT2D eigenvalue weighted by Crippen LogP contribution is -2.27. The minimum Gasteiger partial charge on any atom is -0.369 e. The highest BCUT2D eigenvalue weighted by molar-refractivity contribution is 6.18. The number of carbonyl (C=O) groups excluding carboxylic acids is 1. The Morgan fingerprint density at radius 3 is 2.05 bits per heavy atom. The van der Waals surface area contributed by atoms with Crippen LogP contribution in [0.25, 0.3) is 6.08 Å². The van der Waals surface area contributed by atoms with Gasteiger partial charge in [-0.05, 0) is 43.2 Å². The number of hydrogen-bond acceptors (Lipinski definition) is 2. The number of ketones is 1. The zero-order chi connectivity index (χ0) is 14.3. The Bertz CT molecular complexity index is 434. The molecular formula is C15H19Cl2NO. The number of allylic oxidation sites excluding steroid dienone is 1. The van der Waals surface area contributed by atoms with Crippen LogP contribution in [0.15, 0.2) is 29.8 Å². The highest BCUT2D eigenvalue weighted by Gasteiger charge is 2.05. The summed E-state index contributed by atoms with van der Waals surface area (Å²) in [6.07, 6.45) is 1.89. The van der Waals surface area contributed by atoms with Gasteiger partial charge < -0.3 is 4.90 Å². The van der Waals surface area contributed by atoms with E-state index in [1.807, 2.05) is 37.3 Å². The van der Waals surface area contributed by atoms with E-state index >= 15 is 0 Å². The molecule has 0 saturated heterocycles. The van der Waals surface area contributed by atoms with Gasteiger partial charge in [0.1, 0.15) is 0 Å². The summed E-state index contributed by atoms with van der Waals surface area (Å²) in [6, 6.07) is 8.05. The van der Waals surface area contributed by atoms with Crippen LogP contribution in [0.3, 0.4) is 0 Å². The molecule has 0 heterocycles. The van der Waals surface area contributed by atoms with Crippen molar-refractivity contribution in [3.8, 4) is 0 Å². The van der Waals surface area contributed by atoms with Gasteiger partial charge in [0.25, 0.3) is 0 Å². The summed E-state index contributed by atoms with van der Waals surface area (Å²) in [7, 11) is 0. The first-order chi connectivity index (χ1) is 9.08. The lowest BCUT2D eigenvalue weighted by Gasteiger charge is -2.22. The molecule has 1 aromatic carbocycles. The summed E-state index contributed by atoms with van der Waals surface area (Å²) in [4.78, 5) is 13.3. The molecule has 0 spiro atoms. The van der Waals surface area contributed by atoms with E-state index in [9.17, 15) is 4.79 Å². The second-order valence-electron chi connectivity index (χ2n) is 4.34. The molecule has 4 heteroatoms. The van der Waals surface area contributed by atoms with Crippen molar-refractivity contribution in [3.63, 3.8) is 0 Å². The molecule has 0 saturated carbocycles. The number of nitrogens with zero attached hydrogens (tertiary/aromatic N) is 1. The van der Waals surface area contributed by atoms with Crippen LogP contribution in [0.2, 0.25) is 0 Å². The summed E-state index contributed by atoms with van der Waals surface area (Å²) in [5, 5.41) is 0. The Hall–Kier alpha value is -0.990. The second-order valence-corrected chi connectivity index (χ2v) is 5.10. The monoisotopic (exact) mass is 299 g/mol. The zero-order valence-electron chi connectivity index (χ0n) is 11.3. The van der Waals surface area contributed by atoms with E-state index in [2.05, 4.69) is 4.90 Å². The van der Waals surface area contributed by atoms with Crippen molar-refractivity contribution in [1.82, 2.24) is 0 Å². The van der Waals surface area contributed by atoms with Crippen LogP contribution in [-0.2, 0) is 4.79 Å². The molecule has 0 unspecified atom stereocenters. The van der Waals surface area contributed by atoms with Crippen molar-refractivity contribution in [3.05, 3.63) is 35.4 Å². The van der Waals surface area contributed by atoms with Crippen LogP contribution in [-0.4, -0.2) is 30.6 Å². The van der Waals surface area contributed by atoms with Gasteiger partial charge in [0.05, 0.1) is 0 Å². The Morgan fingerprint density at radius 1 is 1.11 bits per heavy atom. The second kappa shape index (κ2) is 8.23. The van der Waals surface area contributed by atoms with E-state index in [0.29, 0.717) is 11.8 Å². The molecule has 0 radical (unpaired) electrons. The fraction of sp³-hybridized carbons (Fsp3) is 0.400. The first kappa shape index (κ1) is 16.1. The molecule has 2 nitrogen and oxygen atoms in total. The highest BCUT2D eigenvalue weighted by Crippen LogP contribution is 2.17. The van der Waals surface area contributed by atoms with Gasteiger partial charge >= 0.3 is 0 Å². The SMILES string of the molecule is CC(=O)/C(C)=C/c1ccc(N(CCCl)CCCl)cc1. The first-order valence-corrected chi connectivity index (χ1v) is 7.31. The Balaban J connectivity index is 2.85. The molecule has 0 atom stereocenters. The molecule has 1 aromatic rings. The third-order valence-corrected chi connectivity index (χ3v) is 3.24. The third kappa shape index (κ3) is 5.25. The van der Waals surface area contributed by atoms with Crippen LogP contribution in [0.5, 0.6) is 0 Å². The smallest absolute Gasteiger partial charge is 0.155 e. The lowest BCUT2D eigenvalue weighted by atomic mass is 10.1. The maximum Gasteiger partial charge on any atom is 0.155 e. The molecule has 0 bridgehead atoms. The number of rotatable bonds is 7. The fourth-order valence-electron chi connectivity index (χ4n) is 1.71. The van der Waals surface area contributed by atoms with Crippen LogP contribution < -0.4 is 4.90 Å². The van der Waals surface area contributed by atoms with Crippen LogP contribution >= 0.6 is 23.2 Å². The number of carbonyl (C=O) groups is 1. The maximum atomic E-state index is 11.2. The predicted octanol–water partition coefficient (Wildman–Crippen LogP) is 3.96. The topological polar surface area (TPSA) is 20.3 Å². The maximum absolute atomic E-state index is 11.2. The Kier molecular flexibility index (Phi) is 6.96. The van der Waals surface area contributed by atoms with Gasteiger partial charge in [0.15, 0.2) is 5.78 Å². The van der Waals surface area contributed by atoms with E-state index in [-0.39, 0.29) is 5.78 Å². The molecule has 1 rings (SSSR count). The van der Waals surface area contributed by atoms with Crippen molar-refractivity contribution >= 4 is 40.7 Å². The van der Waals surface area contributed by atoms with Crippen molar-refractivity contribution in [1.29, 1.82) is 0 Å². The van der Waals surface area contributed by atoms with E-state index in [1.54, 1.807) is 6.92 Å². The lowest BCUT2D eigenvalue weighted by molar-refractivity contribution is -0.113. The van der Waals surface area contributed by atoms with Gasteiger partial charge in [-0.25, -0.2) is 0 Å². The van der Waals surface area contributed by atoms with Crippen molar-refractivity contribution in [2.45, 2.75) is 13.8 Å². The molecule has 0 aliphatic rings. The minimum atomic E-state index is 0.0926. The summed E-state index contributed by atoms with van der Waals surface area (Å²) in [6.45, 7) is 4.94. The van der Waals surface area contributed by atoms with Crippen LogP contribution in [0, 0.1) is 0 Å². The molecule has 0 fully saturated rings. The number of halogens is 2. The summed E-state index contributed by atoms with van der Waals surface area (Å²) >= 11 is 11.6. The van der Waals surface area contributed by atoms with E-state index in [0.717, 1.165) is 29.9 Å². The first-order valence-electron chi connectivity index (χ1n) is 6.24. The third-order valence-electron chi connectivity index (χ3n) is 2.91. The molecule has 0 N–H and O–H groups in total. The minimum absolute atomic E-state index is 0.0926. The van der Waals surface area contributed by atoms with Gasteiger partial charge in [-0.15, -0.1) is 23.2 Å². The normalized spacial score (nSPS) is 11.5. The fourth-order valence-corrected chi connectivity index (χ4v) is 2.12. The molecular weight excluding hydrogens is 281 g/mol. The molecule has 0 aliphatic heterocycles. The van der Waals surface area contributed by atoms with Crippen molar-refractivity contribution < 1.29 is 4.79 Å². The van der Waals surface area contributed by atoms with Gasteiger partial charge in [-0.2, -0.15) is 0 Å². The largest absolute Gasteiger partial charge is 0.369 e. The Morgan fingerprint density at radius 2 is 1.63 bits per heavy atom. The van der Waals surface area contributed by atoms with Crippen molar-refractivity contribution in [2.24, 2.45) is 0 Å². The van der Waals surface area contributed by atoms with Crippen molar-refractivity contribution in [2.75, 3.05) is 29.7 Å². The van der Waals surface area contributed by atoms with Gasteiger partial charge in [0, 0.05) is 30.5 Å². The molecule has 0 aliphatic carbocycles. The number of hydrogen-bond donors (Lipinski definition) is 0. The van der Waals surface area contributed by atoms with Crippen LogP contribution in [0.1, 0.15) is 19.4 Å². The number of Topliss-reactive ketones (excluding diaryl/α,β-unsaturated/α-hetero) is 1. The summed E-state index contributed by atoms with van der Waals surface area (Å²) in [5.74, 6) is 1.24. The number of anilines is 1. The molecule has 0 aromatic heterocycles. The standard InChI is InChI=1S/C15H19Cl2NO/c1-12(13(2)19)11-14-3-5-15(6-4-14)18(9-7-16)10-8-17/h3-6,11H,7-10H2,1-2H3/b12-11+. The quantitative estimate of drug-likeness (QED) is 0.561. The average molecular weight is 300 g/mol.